The Labute approximate surface area is 142 Å². The van der Waals surface area contributed by atoms with E-state index in [1.54, 1.807) is 67.3 Å². The number of ketones is 1. The fraction of sp³-hybridized carbons (Fsp3) is 0.300. The van der Waals surface area contributed by atoms with Gasteiger partial charge in [0, 0.05) is 24.2 Å². The number of carbonyl (C=O) groups is 2. The van der Waals surface area contributed by atoms with Crippen LogP contribution in [0.2, 0.25) is 0 Å². The maximum Gasteiger partial charge on any atom is 0.254 e. The summed E-state index contributed by atoms with van der Waals surface area (Å²) in [7, 11) is 0. The third kappa shape index (κ3) is 4.30. The highest BCUT2D eigenvalue weighted by Gasteiger charge is 2.25. The second-order valence-corrected chi connectivity index (χ2v) is 6.37. The standard InChI is InChI=1S/C20H23NO3/c1-4-21(14-20(2,3)24)19(23)17-13-9-8-12-16(17)18(22)15-10-6-5-7-11-15/h5-13,24H,4,14H2,1-3H3. The van der Waals surface area contributed by atoms with E-state index in [1.165, 1.54) is 0 Å². The monoisotopic (exact) mass is 325 g/mol. The number of carbonyl (C=O) groups excluding carboxylic acids is 2. The van der Waals surface area contributed by atoms with Gasteiger partial charge in [0.25, 0.3) is 5.91 Å². The summed E-state index contributed by atoms with van der Waals surface area (Å²) in [6.45, 7) is 5.83. The predicted octanol–water partition coefficient (Wildman–Crippen LogP) is 3.15. The summed E-state index contributed by atoms with van der Waals surface area (Å²) in [4.78, 5) is 27.2. The van der Waals surface area contributed by atoms with Crippen LogP contribution in [0.4, 0.5) is 0 Å². The molecule has 0 aliphatic heterocycles. The van der Waals surface area contributed by atoms with Crippen LogP contribution in [0.15, 0.2) is 54.6 Å². The number of rotatable bonds is 6. The van der Waals surface area contributed by atoms with Crippen molar-refractivity contribution in [2.24, 2.45) is 0 Å². The molecule has 4 nitrogen and oxygen atoms in total. The highest BCUT2D eigenvalue weighted by Crippen LogP contribution is 2.18. The smallest absolute Gasteiger partial charge is 0.254 e. The van der Waals surface area contributed by atoms with Gasteiger partial charge in [-0.25, -0.2) is 0 Å². The van der Waals surface area contributed by atoms with Crippen molar-refractivity contribution in [3.8, 4) is 0 Å². The molecule has 24 heavy (non-hydrogen) atoms. The maximum absolute atomic E-state index is 12.9. The highest BCUT2D eigenvalue weighted by atomic mass is 16.3. The van der Waals surface area contributed by atoms with Crippen molar-refractivity contribution < 1.29 is 14.7 Å². The van der Waals surface area contributed by atoms with Gasteiger partial charge in [-0.3, -0.25) is 9.59 Å². The lowest BCUT2D eigenvalue weighted by Gasteiger charge is -2.28. The van der Waals surface area contributed by atoms with Crippen molar-refractivity contribution in [3.63, 3.8) is 0 Å². The fourth-order valence-corrected chi connectivity index (χ4v) is 2.58. The van der Waals surface area contributed by atoms with Gasteiger partial charge < -0.3 is 10.0 Å². The topological polar surface area (TPSA) is 57.6 Å². The van der Waals surface area contributed by atoms with Gasteiger partial charge in [0.2, 0.25) is 0 Å². The Morgan fingerprint density at radius 1 is 0.958 bits per heavy atom. The molecule has 1 amide bonds. The predicted molar refractivity (Wildman–Crippen MR) is 94.2 cm³/mol. The van der Waals surface area contributed by atoms with Gasteiger partial charge in [0.15, 0.2) is 5.78 Å². The van der Waals surface area contributed by atoms with Crippen LogP contribution in [0.5, 0.6) is 0 Å². The average Bonchev–Trinajstić information content (AvgIpc) is 2.58. The molecule has 0 saturated carbocycles. The van der Waals surface area contributed by atoms with Crippen molar-refractivity contribution in [2.75, 3.05) is 13.1 Å². The lowest BCUT2D eigenvalue weighted by Crippen LogP contribution is -2.42. The summed E-state index contributed by atoms with van der Waals surface area (Å²) < 4.78 is 0. The lowest BCUT2D eigenvalue weighted by atomic mass is 9.97. The van der Waals surface area contributed by atoms with Crippen molar-refractivity contribution in [2.45, 2.75) is 26.4 Å². The van der Waals surface area contributed by atoms with Crippen LogP contribution in [0.3, 0.4) is 0 Å². The first kappa shape index (κ1) is 17.9. The Balaban J connectivity index is 2.38. The van der Waals surface area contributed by atoms with Gasteiger partial charge >= 0.3 is 0 Å². The molecule has 0 bridgehead atoms. The highest BCUT2D eigenvalue weighted by molar-refractivity contribution is 6.15. The van der Waals surface area contributed by atoms with Crippen LogP contribution in [-0.2, 0) is 0 Å². The summed E-state index contributed by atoms with van der Waals surface area (Å²) in [5, 5.41) is 10.0. The quantitative estimate of drug-likeness (QED) is 0.830. The third-order valence-electron chi connectivity index (χ3n) is 3.68. The molecule has 0 atom stereocenters. The van der Waals surface area contributed by atoms with E-state index in [0.717, 1.165) is 0 Å². The molecule has 0 unspecified atom stereocenters. The zero-order valence-electron chi connectivity index (χ0n) is 14.3. The minimum absolute atomic E-state index is 0.182. The van der Waals surface area contributed by atoms with E-state index in [9.17, 15) is 14.7 Å². The van der Waals surface area contributed by atoms with E-state index in [1.807, 2.05) is 13.0 Å². The molecular formula is C20H23NO3. The summed E-state index contributed by atoms with van der Waals surface area (Å²) in [5.41, 5.74) is 0.285. The van der Waals surface area contributed by atoms with Crippen LogP contribution >= 0.6 is 0 Å². The molecule has 0 fully saturated rings. The Hall–Kier alpha value is -2.46. The normalized spacial score (nSPS) is 11.2. The Morgan fingerprint density at radius 3 is 2.04 bits per heavy atom. The van der Waals surface area contributed by atoms with Crippen molar-refractivity contribution in [1.82, 2.24) is 4.90 Å². The number of benzene rings is 2. The number of nitrogens with zero attached hydrogens (tertiary/aromatic N) is 1. The lowest BCUT2D eigenvalue weighted by molar-refractivity contribution is 0.0314. The molecule has 126 valence electrons. The van der Waals surface area contributed by atoms with Crippen LogP contribution in [-0.4, -0.2) is 40.4 Å². The molecule has 0 aromatic heterocycles. The van der Waals surface area contributed by atoms with Crippen molar-refractivity contribution in [3.05, 3.63) is 71.3 Å². The van der Waals surface area contributed by atoms with Crippen LogP contribution in [0.1, 0.15) is 47.1 Å². The molecular weight excluding hydrogens is 302 g/mol. The first-order valence-corrected chi connectivity index (χ1v) is 8.04. The summed E-state index contributed by atoms with van der Waals surface area (Å²) in [6, 6.07) is 15.7. The van der Waals surface area contributed by atoms with E-state index >= 15 is 0 Å². The number of aliphatic hydroxyl groups is 1. The third-order valence-corrected chi connectivity index (χ3v) is 3.68. The molecule has 2 rings (SSSR count). The van der Waals surface area contributed by atoms with Crippen molar-refractivity contribution >= 4 is 11.7 Å². The first-order chi connectivity index (χ1) is 11.3. The van der Waals surface area contributed by atoms with Gasteiger partial charge in [0.1, 0.15) is 0 Å². The van der Waals surface area contributed by atoms with Crippen LogP contribution in [0.25, 0.3) is 0 Å². The SMILES string of the molecule is CCN(CC(C)(C)O)C(=O)c1ccccc1C(=O)c1ccccc1. The fourth-order valence-electron chi connectivity index (χ4n) is 2.58. The van der Waals surface area contributed by atoms with Gasteiger partial charge in [-0.2, -0.15) is 0 Å². The maximum atomic E-state index is 12.9. The molecule has 1 N–H and O–H groups in total. The molecule has 0 aliphatic carbocycles. The molecule has 0 radical (unpaired) electrons. The summed E-state index contributed by atoms with van der Waals surface area (Å²) in [5.74, 6) is -0.432. The zero-order chi connectivity index (χ0) is 17.7. The molecule has 2 aromatic carbocycles. The Kier molecular flexibility index (Phi) is 5.52. The molecule has 4 heteroatoms. The van der Waals surface area contributed by atoms with E-state index in [0.29, 0.717) is 23.2 Å². The van der Waals surface area contributed by atoms with E-state index in [4.69, 9.17) is 0 Å². The minimum Gasteiger partial charge on any atom is -0.389 e. The Bertz CT molecular complexity index is 717. The zero-order valence-corrected chi connectivity index (χ0v) is 14.3. The van der Waals surface area contributed by atoms with E-state index in [-0.39, 0.29) is 18.2 Å². The van der Waals surface area contributed by atoms with Crippen LogP contribution in [0, 0.1) is 0 Å². The van der Waals surface area contributed by atoms with Crippen molar-refractivity contribution in [1.29, 1.82) is 0 Å². The minimum atomic E-state index is -0.996. The average molecular weight is 325 g/mol. The summed E-state index contributed by atoms with van der Waals surface area (Å²) >= 11 is 0. The summed E-state index contributed by atoms with van der Waals surface area (Å²) in [6.07, 6.45) is 0. The second-order valence-electron chi connectivity index (χ2n) is 6.37. The van der Waals surface area contributed by atoms with E-state index < -0.39 is 5.60 Å². The first-order valence-electron chi connectivity index (χ1n) is 8.04. The molecule has 0 spiro atoms. The molecule has 0 heterocycles. The molecule has 2 aromatic rings. The van der Waals surface area contributed by atoms with E-state index in [2.05, 4.69) is 0 Å². The number of amides is 1. The van der Waals surface area contributed by atoms with Gasteiger partial charge in [-0.05, 0) is 26.8 Å². The second kappa shape index (κ2) is 7.41. The van der Waals surface area contributed by atoms with Crippen LogP contribution < -0.4 is 0 Å². The number of hydrogen-bond acceptors (Lipinski definition) is 3. The van der Waals surface area contributed by atoms with Gasteiger partial charge in [-0.1, -0.05) is 48.5 Å². The number of likely N-dealkylation sites (N-methyl/N-ethyl adjacent to an activating group) is 1. The van der Waals surface area contributed by atoms with Gasteiger partial charge in [0.05, 0.1) is 11.2 Å². The van der Waals surface area contributed by atoms with Gasteiger partial charge in [-0.15, -0.1) is 0 Å². The largest absolute Gasteiger partial charge is 0.389 e. The molecule has 0 saturated heterocycles. The number of hydrogen-bond donors (Lipinski definition) is 1. The Morgan fingerprint density at radius 2 is 1.50 bits per heavy atom. The molecule has 0 aliphatic rings.